The largest absolute Gasteiger partial charge is 0.371 e. The zero-order chi connectivity index (χ0) is 15.5. The summed E-state index contributed by atoms with van der Waals surface area (Å²) in [5.41, 5.74) is 3.06. The van der Waals surface area contributed by atoms with Crippen molar-refractivity contribution in [2.24, 2.45) is 0 Å². The van der Waals surface area contributed by atoms with E-state index >= 15 is 0 Å². The summed E-state index contributed by atoms with van der Waals surface area (Å²) in [6.07, 6.45) is 6.89. The SMILES string of the molecule is CCCc1ccc(N2CCCCC2)cc1N(C)S(C)(=O)=O. The van der Waals surface area contributed by atoms with Gasteiger partial charge >= 0.3 is 0 Å². The van der Waals surface area contributed by atoms with Crippen molar-refractivity contribution in [3.05, 3.63) is 23.8 Å². The van der Waals surface area contributed by atoms with Crippen molar-refractivity contribution in [2.75, 3.05) is 35.6 Å². The maximum absolute atomic E-state index is 11.9. The number of piperidine rings is 1. The molecule has 0 atom stereocenters. The number of rotatable bonds is 5. The van der Waals surface area contributed by atoms with Gasteiger partial charge in [-0.15, -0.1) is 0 Å². The van der Waals surface area contributed by atoms with Crippen LogP contribution in [0.1, 0.15) is 38.2 Å². The Balaban J connectivity index is 2.38. The Hall–Kier alpha value is -1.23. The van der Waals surface area contributed by atoms with Crippen LogP contribution in [-0.4, -0.2) is 34.8 Å². The molecule has 1 aromatic rings. The molecule has 1 saturated heterocycles. The predicted octanol–water partition coefficient (Wildman–Crippen LogP) is 3.03. The van der Waals surface area contributed by atoms with Crippen molar-refractivity contribution in [3.8, 4) is 0 Å². The zero-order valence-electron chi connectivity index (χ0n) is 13.3. The lowest BCUT2D eigenvalue weighted by Gasteiger charge is -2.30. The Labute approximate surface area is 128 Å². The van der Waals surface area contributed by atoms with Gasteiger partial charge in [0.1, 0.15) is 0 Å². The highest BCUT2D eigenvalue weighted by molar-refractivity contribution is 7.92. The molecule has 0 saturated carbocycles. The minimum absolute atomic E-state index is 0.822. The summed E-state index contributed by atoms with van der Waals surface area (Å²) in [7, 11) is -1.59. The van der Waals surface area contributed by atoms with Gasteiger partial charge in [0.05, 0.1) is 11.9 Å². The molecule has 0 radical (unpaired) electrons. The van der Waals surface area contributed by atoms with Gasteiger partial charge in [-0.1, -0.05) is 19.4 Å². The van der Waals surface area contributed by atoms with E-state index in [1.165, 1.54) is 29.8 Å². The lowest BCUT2D eigenvalue weighted by molar-refractivity contribution is 0.578. The summed E-state index contributed by atoms with van der Waals surface area (Å²) in [6.45, 7) is 4.24. The Kier molecular flexibility index (Phi) is 5.14. The van der Waals surface area contributed by atoms with Gasteiger partial charge in [0.15, 0.2) is 0 Å². The summed E-state index contributed by atoms with van der Waals surface area (Å²) in [5, 5.41) is 0. The number of nitrogens with zero attached hydrogens (tertiary/aromatic N) is 2. The minimum Gasteiger partial charge on any atom is -0.371 e. The quantitative estimate of drug-likeness (QED) is 0.839. The Bertz CT molecular complexity index is 578. The van der Waals surface area contributed by atoms with Crippen LogP contribution in [-0.2, 0) is 16.4 Å². The van der Waals surface area contributed by atoms with E-state index in [0.29, 0.717) is 0 Å². The molecule has 1 aliphatic rings. The molecule has 5 heteroatoms. The normalized spacial score (nSPS) is 16.0. The second kappa shape index (κ2) is 6.69. The van der Waals surface area contributed by atoms with Crippen LogP contribution in [0.2, 0.25) is 0 Å². The maximum atomic E-state index is 11.9. The highest BCUT2D eigenvalue weighted by Gasteiger charge is 2.18. The van der Waals surface area contributed by atoms with Gasteiger partial charge in [0.2, 0.25) is 10.0 Å². The zero-order valence-corrected chi connectivity index (χ0v) is 14.1. The first-order valence-corrected chi connectivity index (χ1v) is 9.60. The first-order valence-electron chi connectivity index (χ1n) is 7.75. The van der Waals surface area contributed by atoms with E-state index in [1.54, 1.807) is 7.05 Å². The topological polar surface area (TPSA) is 40.6 Å². The van der Waals surface area contributed by atoms with Crippen LogP contribution < -0.4 is 9.21 Å². The third-order valence-corrected chi connectivity index (χ3v) is 5.34. The van der Waals surface area contributed by atoms with E-state index in [2.05, 4.69) is 24.0 Å². The summed E-state index contributed by atoms with van der Waals surface area (Å²) >= 11 is 0. The maximum Gasteiger partial charge on any atom is 0.232 e. The Morgan fingerprint density at radius 2 is 1.86 bits per heavy atom. The summed E-state index contributed by atoms with van der Waals surface area (Å²) in [6, 6.07) is 6.26. The molecule has 1 aromatic carbocycles. The third kappa shape index (κ3) is 3.90. The molecule has 21 heavy (non-hydrogen) atoms. The number of hydrogen-bond donors (Lipinski definition) is 0. The van der Waals surface area contributed by atoms with Crippen LogP contribution >= 0.6 is 0 Å². The van der Waals surface area contributed by atoms with Crippen LogP contribution in [0.4, 0.5) is 11.4 Å². The molecule has 0 N–H and O–H groups in total. The van der Waals surface area contributed by atoms with Crippen molar-refractivity contribution >= 4 is 21.4 Å². The summed E-state index contributed by atoms with van der Waals surface area (Å²) < 4.78 is 25.2. The van der Waals surface area contributed by atoms with Crippen molar-refractivity contribution in [1.29, 1.82) is 0 Å². The first-order chi connectivity index (χ1) is 9.93. The van der Waals surface area contributed by atoms with E-state index in [9.17, 15) is 8.42 Å². The van der Waals surface area contributed by atoms with E-state index < -0.39 is 10.0 Å². The van der Waals surface area contributed by atoms with Gasteiger partial charge in [-0.25, -0.2) is 8.42 Å². The Morgan fingerprint density at radius 1 is 1.19 bits per heavy atom. The fraction of sp³-hybridized carbons (Fsp3) is 0.625. The number of hydrogen-bond acceptors (Lipinski definition) is 3. The molecule has 118 valence electrons. The molecule has 1 heterocycles. The van der Waals surface area contributed by atoms with Crippen molar-refractivity contribution in [1.82, 2.24) is 0 Å². The van der Waals surface area contributed by atoms with Crippen LogP contribution in [0.15, 0.2) is 18.2 Å². The van der Waals surface area contributed by atoms with Gasteiger partial charge in [-0.2, -0.15) is 0 Å². The number of sulfonamides is 1. The molecular formula is C16H26N2O2S. The van der Waals surface area contributed by atoms with Crippen LogP contribution in [0.5, 0.6) is 0 Å². The molecule has 0 bridgehead atoms. The lowest BCUT2D eigenvalue weighted by Crippen LogP contribution is -2.30. The molecule has 4 nitrogen and oxygen atoms in total. The molecule has 0 unspecified atom stereocenters. The standard InChI is InChI=1S/C16H26N2O2S/c1-4-8-14-9-10-15(18-11-6-5-7-12-18)13-16(14)17(2)21(3,19)20/h9-10,13H,4-8,11-12H2,1-3H3. The molecule has 0 aliphatic carbocycles. The van der Waals surface area contributed by atoms with E-state index in [-0.39, 0.29) is 0 Å². The summed E-state index contributed by atoms with van der Waals surface area (Å²) in [4.78, 5) is 2.36. The third-order valence-electron chi connectivity index (χ3n) is 4.15. The van der Waals surface area contributed by atoms with Crippen molar-refractivity contribution < 1.29 is 8.42 Å². The van der Waals surface area contributed by atoms with Gasteiger partial charge in [-0.05, 0) is 43.4 Å². The molecular weight excluding hydrogens is 284 g/mol. The smallest absolute Gasteiger partial charge is 0.232 e. The molecule has 1 fully saturated rings. The fourth-order valence-electron chi connectivity index (χ4n) is 2.85. The Morgan fingerprint density at radius 3 is 2.43 bits per heavy atom. The average molecular weight is 310 g/mol. The van der Waals surface area contributed by atoms with E-state index in [0.717, 1.165) is 42.9 Å². The lowest BCUT2D eigenvalue weighted by atomic mass is 10.1. The number of aryl methyl sites for hydroxylation is 1. The van der Waals surface area contributed by atoms with Gasteiger partial charge < -0.3 is 4.90 Å². The fourth-order valence-corrected chi connectivity index (χ4v) is 3.38. The molecule has 0 spiro atoms. The monoisotopic (exact) mass is 310 g/mol. The van der Waals surface area contributed by atoms with Gasteiger partial charge in [-0.3, -0.25) is 4.31 Å². The molecule has 0 amide bonds. The second-order valence-electron chi connectivity index (χ2n) is 5.84. The van der Waals surface area contributed by atoms with Gasteiger partial charge in [0.25, 0.3) is 0 Å². The number of benzene rings is 1. The summed E-state index contributed by atoms with van der Waals surface area (Å²) in [5.74, 6) is 0. The van der Waals surface area contributed by atoms with Crippen LogP contribution in [0.3, 0.4) is 0 Å². The number of anilines is 2. The minimum atomic E-state index is -3.23. The first kappa shape index (κ1) is 16.1. The van der Waals surface area contributed by atoms with Crippen molar-refractivity contribution in [2.45, 2.75) is 39.0 Å². The molecule has 1 aliphatic heterocycles. The molecule has 2 rings (SSSR count). The van der Waals surface area contributed by atoms with Gasteiger partial charge in [0, 0.05) is 25.8 Å². The van der Waals surface area contributed by atoms with Crippen LogP contribution in [0, 0.1) is 0 Å². The second-order valence-corrected chi connectivity index (χ2v) is 7.85. The van der Waals surface area contributed by atoms with Crippen LogP contribution in [0.25, 0.3) is 0 Å². The van der Waals surface area contributed by atoms with E-state index in [1.807, 2.05) is 6.07 Å². The average Bonchev–Trinajstić information content (AvgIpc) is 2.47. The highest BCUT2D eigenvalue weighted by atomic mass is 32.2. The molecule has 0 aromatic heterocycles. The van der Waals surface area contributed by atoms with Crippen molar-refractivity contribution in [3.63, 3.8) is 0 Å². The predicted molar refractivity (Wildman–Crippen MR) is 89.7 cm³/mol. The highest BCUT2D eigenvalue weighted by Crippen LogP contribution is 2.30. The van der Waals surface area contributed by atoms with E-state index in [4.69, 9.17) is 0 Å².